The Hall–Kier alpha value is -5.42. The molecule has 308 valence electrons. The molecule has 0 saturated carbocycles. The van der Waals surface area contributed by atoms with Crippen LogP contribution in [0.15, 0.2) is 152 Å². The first kappa shape index (κ1) is 43.2. The van der Waals surface area contributed by atoms with E-state index in [-0.39, 0.29) is 29.9 Å². The predicted molar refractivity (Wildman–Crippen MR) is 220 cm³/mol. The Morgan fingerprint density at radius 2 is 0.898 bits per heavy atom. The van der Waals surface area contributed by atoms with Crippen LogP contribution in [0.5, 0.6) is 0 Å². The summed E-state index contributed by atoms with van der Waals surface area (Å²) in [5.74, 6) is -2.33. The van der Waals surface area contributed by atoms with Crippen molar-refractivity contribution in [3.05, 3.63) is 179 Å². The lowest BCUT2D eigenvalue weighted by atomic mass is 9.93. The molecule has 0 radical (unpaired) electrons. The van der Waals surface area contributed by atoms with Gasteiger partial charge in [-0.3, -0.25) is 13.6 Å². The van der Waals surface area contributed by atoms with Gasteiger partial charge in [-0.1, -0.05) is 154 Å². The number of unbranched alkanes of at least 4 members (excludes halogenated alkanes) is 4. The van der Waals surface area contributed by atoms with Crippen molar-refractivity contribution >= 4 is 25.7 Å². The van der Waals surface area contributed by atoms with Gasteiger partial charge in [0.05, 0.1) is 29.9 Å². The second-order valence-corrected chi connectivity index (χ2v) is 15.6. The SMILES string of the molecule is CCCCCCC[C@@H]1O[C@H](OP(=O)(OCc2ccccc2)OCc2ccccc2)[C@@H](OC(=O)c2ccccc2)[C@H](OC(=O)c2ccccc2)[C@@H]1OC(=O)c1ccccc1. The quantitative estimate of drug-likeness (QED) is 0.0322. The first-order chi connectivity index (χ1) is 28.8. The lowest BCUT2D eigenvalue weighted by Gasteiger charge is -2.45. The number of hydrogen-bond donors (Lipinski definition) is 0. The highest BCUT2D eigenvalue weighted by Crippen LogP contribution is 2.54. The minimum absolute atomic E-state index is 0.166. The number of hydrogen-bond acceptors (Lipinski definition) is 11. The Morgan fingerprint density at radius 3 is 1.34 bits per heavy atom. The fraction of sp³-hybridized carbons (Fsp3) is 0.298. The molecule has 6 rings (SSSR count). The van der Waals surface area contributed by atoms with Crippen molar-refractivity contribution in [3.63, 3.8) is 0 Å². The number of carbonyl (C=O) groups excluding carboxylic acids is 3. The van der Waals surface area contributed by atoms with E-state index in [9.17, 15) is 18.9 Å². The summed E-state index contributed by atoms with van der Waals surface area (Å²) in [5.41, 5.74) is 1.97. The van der Waals surface area contributed by atoms with Crippen LogP contribution in [0.25, 0.3) is 0 Å². The fourth-order valence-electron chi connectivity index (χ4n) is 6.53. The van der Waals surface area contributed by atoms with E-state index in [1.54, 1.807) is 115 Å². The van der Waals surface area contributed by atoms with Crippen LogP contribution in [0.2, 0.25) is 0 Å². The van der Waals surface area contributed by atoms with Crippen LogP contribution in [-0.2, 0) is 50.3 Å². The standard InChI is InChI=1S/C47H49O11P/c1-2-3-4-5-21-32-40-41(55-44(48)37-26-15-8-16-27-37)42(56-45(49)38-28-17-9-18-29-38)43(57-46(50)39-30-19-10-20-31-39)47(54-40)58-59(51,52-33-35-22-11-6-12-23-35)53-34-36-24-13-7-14-25-36/h6-20,22-31,40-43,47H,2-5,21,32-34H2,1H3/t40-,41+,42+,43-,47+/m0/s1. The van der Waals surface area contributed by atoms with Gasteiger partial charge in [-0.2, -0.15) is 0 Å². The molecule has 5 atom stereocenters. The topological polar surface area (TPSA) is 133 Å². The van der Waals surface area contributed by atoms with Gasteiger partial charge in [0.2, 0.25) is 6.29 Å². The van der Waals surface area contributed by atoms with E-state index in [1.807, 2.05) is 36.4 Å². The first-order valence-electron chi connectivity index (χ1n) is 19.9. The number of phosphoric ester groups is 1. The third-order valence-corrected chi connectivity index (χ3v) is 11.0. The van der Waals surface area contributed by atoms with Gasteiger partial charge in [0.15, 0.2) is 18.3 Å². The van der Waals surface area contributed by atoms with E-state index in [4.69, 9.17) is 32.5 Å². The van der Waals surface area contributed by atoms with Crippen molar-refractivity contribution in [1.82, 2.24) is 0 Å². The summed E-state index contributed by atoms with van der Waals surface area (Å²) >= 11 is 0. The molecule has 1 saturated heterocycles. The zero-order valence-corrected chi connectivity index (χ0v) is 33.8. The van der Waals surface area contributed by atoms with Gasteiger partial charge in [0.25, 0.3) is 0 Å². The molecule has 0 aliphatic carbocycles. The van der Waals surface area contributed by atoms with E-state index in [0.717, 1.165) is 25.7 Å². The molecular weight excluding hydrogens is 771 g/mol. The second kappa shape index (κ2) is 22.1. The van der Waals surface area contributed by atoms with E-state index in [1.165, 1.54) is 0 Å². The van der Waals surface area contributed by atoms with Gasteiger partial charge in [-0.25, -0.2) is 18.9 Å². The van der Waals surface area contributed by atoms with Gasteiger partial charge in [0, 0.05) is 0 Å². The number of esters is 3. The minimum Gasteiger partial charge on any atom is -0.452 e. The summed E-state index contributed by atoms with van der Waals surface area (Å²) in [6.07, 6.45) is -2.41. The van der Waals surface area contributed by atoms with Crippen molar-refractivity contribution in [3.8, 4) is 0 Å². The zero-order valence-electron chi connectivity index (χ0n) is 32.9. The van der Waals surface area contributed by atoms with Gasteiger partial charge in [-0.05, 0) is 53.9 Å². The molecule has 0 amide bonds. The molecule has 1 fully saturated rings. The first-order valence-corrected chi connectivity index (χ1v) is 21.4. The Morgan fingerprint density at radius 1 is 0.508 bits per heavy atom. The van der Waals surface area contributed by atoms with Crippen LogP contribution in [0.4, 0.5) is 0 Å². The lowest BCUT2D eigenvalue weighted by molar-refractivity contribution is -0.276. The van der Waals surface area contributed by atoms with Gasteiger partial charge in [-0.15, -0.1) is 0 Å². The van der Waals surface area contributed by atoms with Crippen LogP contribution in [0, 0.1) is 0 Å². The van der Waals surface area contributed by atoms with Crippen molar-refractivity contribution < 1.29 is 51.5 Å². The summed E-state index contributed by atoms with van der Waals surface area (Å²) in [6.45, 7) is 1.78. The lowest BCUT2D eigenvalue weighted by Crippen LogP contribution is -2.62. The van der Waals surface area contributed by atoms with Crippen LogP contribution in [-0.4, -0.2) is 48.6 Å². The maximum Gasteiger partial charge on any atom is 0.477 e. The van der Waals surface area contributed by atoms with Gasteiger partial charge in [0.1, 0.15) is 6.10 Å². The van der Waals surface area contributed by atoms with Crippen molar-refractivity contribution in [2.24, 2.45) is 0 Å². The number of carbonyl (C=O) groups is 3. The summed E-state index contributed by atoms with van der Waals surface area (Å²) in [7, 11) is -4.62. The van der Waals surface area contributed by atoms with E-state index >= 15 is 0 Å². The van der Waals surface area contributed by atoms with Crippen LogP contribution in [0.1, 0.15) is 87.6 Å². The van der Waals surface area contributed by atoms with E-state index in [2.05, 4.69) is 6.92 Å². The molecule has 0 spiro atoms. The molecule has 12 heteroatoms. The summed E-state index contributed by atoms with van der Waals surface area (Å²) in [5, 5.41) is 0. The molecule has 1 aliphatic heterocycles. The summed E-state index contributed by atoms with van der Waals surface area (Å²) < 4.78 is 58.3. The fourth-order valence-corrected chi connectivity index (χ4v) is 7.76. The molecule has 1 heterocycles. The van der Waals surface area contributed by atoms with E-state index in [0.29, 0.717) is 24.0 Å². The maximum absolute atomic E-state index is 14.9. The third-order valence-electron chi connectivity index (χ3n) is 9.64. The Balaban J connectivity index is 1.42. The molecule has 0 N–H and O–H groups in total. The predicted octanol–water partition coefficient (Wildman–Crippen LogP) is 10.3. The highest BCUT2D eigenvalue weighted by atomic mass is 31.2. The highest BCUT2D eigenvalue weighted by molar-refractivity contribution is 7.48. The second-order valence-electron chi connectivity index (χ2n) is 14.0. The van der Waals surface area contributed by atoms with Gasteiger partial charge < -0.3 is 18.9 Å². The summed E-state index contributed by atoms with van der Waals surface area (Å²) in [4.78, 5) is 41.7. The largest absolute Gasteiger partial charge is 0.477 e. The molecule has 11 nitrogen and oxygen atoms in total. The zero-order chi connectivity index (χ0) is 41.3. The van der Waals surface area contributed by atoms with Crippen LogP contribution < -0.4 is 0 Å². The molecule has 0 bridgehead atoms. The van der Waals surface area contributed by atoms with Gasteiger partial charge >= 0.3 is 25.7 Å². The van der Waals surface area contributed by atoms with Crippen LogP contribution in [0.3, 0.4) is 0 Å². The number of phosphoric acid groups is 1. The molecule has 5 aromatic carbocycles. The van der Waals surface area contributed by atoms with Crippen molar-refractivity contribution in [2.75, 3.05) is 0 Å². The molecule has 0 aromatic heterocycles. The molecule has 5 aromatic rings. The van der Waals surface area contributed by atoms with Crippen molar-refractivity contribution in [1.29, 1.82) is 0 Å². The minimum atomic E-state index is -4.62. The van der Waals surface area contributed by atoms with Crippen molar-refractivity contribution in [2.45, 2.75) is 89.4 Å². The molecule has 0 unspecified atom stereocenters. The normalized spacial score (nSPS) is 19.0. The summed E-state index contributed by atoms with van der Waals surface area (Å²) in [6, 6.07) is 42.9. The number of benzene rings is 5. The highest BCUT2D eigenvalue weighted by Gasteiger charge is 2.55. The Kier molecular flexibility index (Phi) is 16.2. The average molecular weight is 821 g/mol. The molecule has 59 heavy (non-hydrogen) atoms. The third kappa shape index (κ3) is 12.8. The van der Waals surface area contributed by atoms with Crippen LogP contribution >= 0.6 is 7.82 Å². The maximum atomic E-state index is 14.9. The molecular formula is C47H49O11P. The average Bonchev–Trinajstić information content (AvgIpc) is 3.28. The molecule has 1 aliphatic rings. The number of ether oxygens (including phenoxy) is 4. The number of rotatable bonds is 20. The van der Waals surface area contributed by atoms with E-state index < -0.39 is 56.4 Å². The Labute approximate surface area is 345 Å². The monoisotopic (exact) mass is 820 g/mol. The Bertz CT molecular complexity index is 2040. The smallest absolute Gasteiger partial charge is 0.452 e.